The van der Waals surface area contributed by atoms with Crippen molar-refractivity contribution in [2.45, 2.75) is 25.9 Å². The van der Waals surface area contributed by atoms with Crippen molar-refractivity contribution < 1.29 is 9.53 Å². The van der Waals surface area contributed by atoms with Crippen LogP contribution < -0.4 is 4.74 Å². The Balaban J connectivity index is 2.34. The van der Waals surface area contributed by atoms with Gasteiger partial charge in [0, 0.05) is 10.9 Å². The lowest BCUT2D eigenvalue weighted by Crippen LogP contribution is -2.17. The molecule has 0 bridgehead atoms. The summed E-state index contributed by atoms with van der Waals surface area (Å²) in [6.07, 6.45) is 3.30. The molecule has 0 aliphatic carbocycles. The zero-order chi connectivity index (χ0) is 8.55. The van der Waals surface area contributed by atoms with Crippen LogP contribution in [-0.4, -0.2) is 12.4 Å². The monoisotopic (exact) mass is 182 g/mol. The van der Waals surface area contributed by atoms with Gasteiger partial charge in [0.1, 0.15) is 5.75 Å². The number of carbonyl (C=O) groups excluding carboxylic acids is 1. The number of thiophene rings is 1. The van der Waals surface area contributed by atoms with Gasteiger partial charge >= 0.3 is 0 Å². The average Bonchev–Trinajstić information content (AvgIpc) is 2.46. The summed E-state index contributed by atoms with van der Waals surface area (Å²) in [4.78, 5) is 12.5. The van der Waals surface area contributed by atoms with E-state index >= 15 is 0 Å². The summed E-state index contributed by atoms with van der Waals surface area (Å²) in [6.45, 7) is 2.06. The van der Waals surface area contributed by atoms with Crippen LogP contribution in [0.3, 0.4) is 0 Å². The molecule has 0 radical (unpaired) electrons. The molecular formula is C9H10O2S. The van der Waals surface area contributed by atoms with Crippen molar-refractivity contribution in [3.8, 4) is 5.75 Å². The highest BCUT2D eigenvalue weighted by molar-refractivity contribution is 7.14. The number of carbonyl (C=O) groups is 1. The minimum Gasteiger partial charge on any atom is -0.490 e. The molecule has 12 heavy (non-hydrogen) atoms. The van der Waals surface area contributed by atoms with E-state index in [9.17, 15) is 4.79 Å². The summed E-state index contributed by atoms with van der Waals surface area (Å²) >= 11 is 1.54. The lowest BCUT2D eigenvalue weighted by molar-refractivity contribution is 0.112. The predicted octanol–water partition coefficient (Wildman–Crippen LogP) is 2.27. The van der Waals surface area contributed by atoms with Crippen molar-refractivity contribution in [1.29, 1.82) is 0 Å². The van der Waals surface area contributed by atoms with Gasteiger partial charge in [-0.25, -0.2) is 0 Å². The summed E-state index contributed by atoms with van der Waals surface area (Å²) in [5, 5.41) is 0. The molecule has 0 unspecified atom stereocenters. The van der Waals surface area contributed by atoms with Crippen molar-refractivity contribution >= 4 is 17.6 Å². The van der Waals surface area contributed by atoms with Crippen LogP contribution in [0, 0.1) is 0 Å². The lowest BCUT2D eigenvalue weighted by atomic mass is 10.1. The van der Waals surface area contributed by atoms with Crippen molar-refractivity contribution in [2.24, 2.45) is 0 Å². The highest BCUT2D eigenvalue weighted by atomic mass is 32.1. The van der Waals surface area contributed by atoms with Gasteiger partial charge in [0.2, 0.25) is 0 Å². The van der Waals surface area contributed by atoms with Crippen LogP contribution in [0.1, 0.15) is 27.9 Å². The Labute approximate surface area is 75.2 Å². The molecular weight excluding hydrogens is 172 g/mol. The molecule has 0 N–H and O–H groups in total. The minimum absolute atomic E-state index is 0.298. The molecule has 0 saturated carbocycles. The standard InChI is InChI=1S/C9H10O2S/c1-6-2-3-9-8(11-6)4-7(5-10)12-9/h4-6H,2-3H2,1H3/t6-/m0/s1. The van der Waals surface area contributed by atoms with Crippen LogP contribution in [0.5, 0.6) is 5.75 Å². The molecule has 0 amide bonds. The number of aryl methyl sites for hydroxylation is 1. The fourth-order valence-electron chi connectivity index (χ4n) is 1.37. The molecule has 1 atom stereocenters. The third-order valence-corrected chi connectivity index (χ3v) is 3.11. The Morgan fingerprint density at radius 1 is 1.75 bits per heavy atom. The molecule has 3 heteroatoms. The first-order valence-electron chi connectivity index (χ1n) is 4.04. The number of hydrogen-bond acceptors (Lipinski definition) is 3. The molecule has 0 saturated heterocycles. The van der Waals surface area contributed by atoms with Gasteiger partial charge in [-0.1, -0.05) is 0 Å². The van der Waals surface area contributed by atoms with E-state index in [-0.39, 0.29) is 0 Å². The molecule has 1 aromatic heterocycles. The van der Waals surface area contributed by atoms with E-state index in [1.165, 1.54) is 4.88 Å². The van der Waals surface area contributed by atoms with Crippen LogP contribution in [-0.2, 0) is 6.42 Å². The zero-order valence-corrected chi connectivity index (χ0v) is 7.69. The second-order valence-corrected chi connectivity index (χ2v) is 4.19. The van der Waals surface area contributed by atoms with Crippen molar-refractivity contribution in [1.82, 2.24) is 0 Å². The Hall–Kier alpha value is -0.830. The summed E-state index contributed by atoms with van der Waals surface area (Å²) < 4.78 is 5.57. The van der Waals surface area contributed by atoms with Crippen LogP contribution in [0.15, 0.2) is 6.07 Å². The molecule has 0 aromatic carbocycles. The molecule has 1 aliphatic rings. The second kappa shape index (κ2) is 2.90. The number of rotatable bonds is 1. The third kappa shape index (κ3) is 1.25. The smallest absolute Gasteiger partial charge is 0.160 e. The number of aldehydes is 1. The number of ether oxygens (including phenoxy) is 1. The first-order chi connectivity index (χ1) is 5.79. The van der Waals surface area contributed by atoms with Crippen LogP contribution in [0.2, 0.25) is 0 Å². The van der Waals surface area contributed by atoms with Gasteiger partial charge in [-0.3, -0.25) is 4.79 Å². The SMILES string of the molecule is C[C@H]1CCc2sc(C=O)cc2O1. The van der Waals surface area contributed by atoms with Gasteiger partial charge in [-0.15, -0.1) is 11.3 Å². The van der Waals surface area contributed by atoms with Gasteiger partial charge in [0.25, 0.3) is 0 Å². The summed E-state index contributed by atoms with van der Waals surface area (Å²) in [5.41, 5.74) is 0. The van der Waals surface area contributed by atoms with Gasteiger partial charge in [-0.05, 0) is 19.8 Å². The quantitative estimate of drug-likeness (QED) is 0.623. The number of fused-ring (bicyclic) bond motifs is 1. The summed E-state index contributed by atoms with van der Waals surface area (Å²) in [6, 6.07) is 1.84. The molecule has 2 heterocycles. The van der Waals surface area contributed by atoms with Gasteiger partial charge in [0.05, 0.1) is 11.0 Å². The third-order valence-electron chi connectivity index (χ3n) is 2.01. The zero-order valence-electron chi connectivity index (χ0n) is 6.87. The lowest BCUT2D eigenvalue weighted by Gasteiger charge is -2.19. The highest BCUT2D eigenvalue weighted by Gasteiger charge is 2.18. The molecule has 0 spiro atoms. The van der Waals surface area contributed by atoms with Gasteiger partial charge < -0.3 is 4.74 Å². The van der Waals surface area contributed by atoms with Crippen molar-refractivity contribution in [2.75, 3.05) is 0 Å². The highest BCUT2D eigenvalue weighted by Crippen LogP contribution is 2.34. The predicted molar refractivity (Wildman–Crippen MR) is 48.1 cm³/mol. The average molecular weight is 182 g/mol. The minimum atomic E-state index is 0.298. The Bertz CT molecular complexity index is 303. The maximum Gasteiger partial charge on any atom is 0.160 e. The maximum absolute atomic E-state index is 10.5. The number of hydrogen-bond donors (Lipinski definition) is 0. The molecule has 2 nitrogen and oxygen atoms in total. The molecule has 1 aliphatic heterocycles. The van der Waals surface area contributed by atoms with Gasteiger partial charge in [-0.2, -0.15) is 0 Å². The van der Waals surface area contributed by atoms with Crippen molar-refractivity contribution in [3.63, 3.8) is 0 Å². The topological polar surface area (TPSA) is 26.3 Å². The van der Waals surface area contributed by atoms with E-state index in [0.29, 0.717) is 6.10 Å². The molecule has 64 valence electrons. The van der Waals surface area contributed by atoms with E-state index in [0.717, 1.165) is 29.8 Å². The van der Waals surface area contributed by atoms with E-state index in [2.05, 4.69) is 6.92 Å². The van der Waals surface area contributed by atoms with E-state index in [4.69, 9.17) is 4.74 Å². The second-order valence-electron chi connectivity index (χ2n) is 3.02. The summed E-state index contributed by atoms with van der Waals surface area (Å²) in [7, 11) is 0. The Kier molecular flexibility index (Phi) is 1.89. The Morgan fingerprint density at radius 3 is 3.33 bits per heavy atom. The summed E-state index contributed by atoms with van der Waals surface area (Å²) in [5.74, 6) is 0.917. The van der Waals surface area contributed by atoms with Crippen LogP contribution >= 0.6 is 11.3 Å². The fourth-order valence-corrected chi connectivity index (χ4v) is 2.30. The Morgan fingerprint density at radius 2 is 2.58 bits per heavy atom. The van der Waals surface area contributed by atoms with Crippen LogP contribution in [0.25, 0.3) is 0 Å². The molecule has 2 rings (SSSR count). The normalized spacial score (nSPS) is 21.2. The molecule has 1 aromatic rings. The van der Waals surface area contributed by atoms with E-state index < -0.39 is 0 Å². The van der Waals surface area contributed by atoms with E-state index in [1.807, 2.05) is 6.07 Å². The first-order valence-corrected chi connectivity index (χ1v) is 4.86. The largest absolute Gasteiger partial charge is 0.490 e. The van der Waals surface area contributed by atoms with Crippen molar-refractivity contribution in [3.05, 3.63) is 15.8 Å². The molecule has 0 fully saturated rings. The first kappa shape index (κ1) is 7.80. The van der Waals surface area contributed by atoms with E-state index in [1.54, 1.807) is 11.3 Å². The fraction of sp³-hybridized carbons (Fsp3) is 0.444. The van der Waals surface area contributed by atoms with Crippen LogP contribution in [0.4, 0.5) is 0 Å². The maximum atomic E-state index is 10.5. The van der Waals surface area contributed by atoms with Gasteiger partial charge in [0.15, 0.2) is 6.29 Å².